The summed E-state index contributed by atoms with van der Waals surface area (Å²) in [4.78, 5) is 3.09. The topological polar surface area (TPSA) is 56.2 Å². The van der Waals surface area contributed by atoms with Gasteiger partial charge in [-0.3, -0.25) is 0 Å². The van der Waals surface area contributed by atoms with E-state index in [0.29, 0.717) is 5.56 Å². The molecular formula is C22H29NO2. The van der Waals surface area contributed by atoms with Gasteiger partial charge in [0.25, 0.3) is 0 Å². The van der Waals surface area contributed by atoms with Gasteiger partial charge in [0.05, 0.1) is 0 Å². The van der Waals surface area contributed by atoms with E-state index in [1.54, 1.807) is 0 Å². The van der Waals surface area contributed by atoms with Gasteiger partial charge in [-0.2, -0.15) is 0 Å². The number of nitrogens with one attached hydrogen (secondary N) is 1. The van der Waals surface area contributed by atoms with Crippen LogP contribution in [0.4, 0.5) is 0 Å². The molecule has 3 N–H and O–H groups in total. The number of aryl methyl sites for hydroxylation is 1. The van der Waals surface area contributed by atoms with Gasteiger partial charge in [-0.1, -0.05) is 31.4 Å². The Bertz CT molecular complexity index is 744. The van der Waals surface area contributed by atoms with E-state index >= 15 is 0 Å². The molecule has 1 aromatic carbocycles. The summed E-state index contributed by atoms with van der Waals surface area (Å²) in [5.41, 5.74) is 4.92. The smallest absolute Gasteiger partial charge is 0.131 e. The Morgan fingerprint density at radius 2 is 2.08 bits per heavy atom. The molecule has 0 spiro atoms. The molecule has 2 aromatic rings. The largest absolute Gasteiger partial charge is 0.507 e. The zero-order chi connectivity index (χ0) is 17.8. The van der Waals surface area contributed by atoms with Gasteiger partial charge in [0, 0.05) is 35.0 Å². The first kappa shape index (κ1) is 17.7. The predicted octanol–water partition coefficient (Wildman–Crippen LogP) is 6.04. The zero-order valence-electron chi connectivity index (χ0n) is 15.3. The Balaban J connectivity index is 2.08. The van der Waals surface area contributed by atoms with E-state index in [9.17, 15) is 10.2 Å². The average Bonchev–Trinajstić information content (AvgIpc) is 3.09. The van der Waals surface area contributed by atoms with Crippen LogP contribution in [0.25, 0.3) is 11.1 Å². The van der Waals surface area contributed by atoms with Crippen molar-refractivity contribution < 1.29 is 10.2 Å². The molecule has 3 nitrogen and oxygen atoms in total. The number of H-pyrrole nitrogens is 1. The predicted molar refractivity (Wildman–Crippen MR) is 103 cm³/mol. The summed E-state index contributed by atoms with van der Waals surface area (Å²) < 4.78 is 0. The first-order chi connectivity index (χ1) is 12.1. The lowest BCUT2D eigenvalue weighted by Gasteiger charge is -2.24. The second-order valence-corrected chi connectivity index (χ2v) is 7.26. The van der Waals surface area contributed by atoms with Crippen LogP contribution in [0.2, 0.25) is 0 Å². The number of phenols is 2. The van der Waals surface area contributed by atoms with Gasteiger partial charge >= 0.3 is 0 Å². The highest BCUT2D eigenvalue weighted by atomic mass is 16.3. The van der Waals surface area contributed by atoms with Crippen LogP contribution < -0.4 is 0 Å². The van der Waals surface area contributed by atoms with E-state index in [1.165, 1.54) is 5.57 Å². The number of allylic oxidation sites excluding steroid dienone is 2. The van der Waals surface area contributed by atoms with Crippen molar-refractivity contribution >= 4 is 0 Å². The van der Waals surface area contributed by atoms with Gasteiger partial charge in [-0.15, -0.1) is 0 Å². The summed E-state index contributed by atoms with van der Waals surface area (Å²) in [6, 6.07) is 3.87. The van der Waals surface area contributed by atoms with Gasteiger partial charge in [0.15, 0.2) is 0 Å². The molecule has 0 saturated carbocycles. The highest BCUT2D eigenvalue weighted by Crippen LogP contribution is 2.47. The van der Waals surface area contributed by atoms with E-state index < -0.39 is 0 Å². The maximum atomic E-state index is 11.1. The van der Waals surface area contributed by atoms with Crippen molar-refractivity contribution in [3.05, 3.63) is 47.3 Å². The van der Waals surface area contributed by atoms with Crippen molar-refractivity contribution in [3.63, 3.8) is 0 Å². The monoisotopic (exact) mass is 339 g/mol. The molecule has 25 heavy (non-hydrogen) atoms. The molecule has 1 atom stereocenters. The fourth-order valence-corrected chi connectivity index (χ4v) is 3.99. The second kappa shape index (κ2) is 7.81. The normalized spacial score (nSPS) is 17.5. The standard InChI is InChI=1S/C22H29NO2/c1-3-4-5-8-17-13-19(24)21(16-9-6-7-15(2)12-16)22(25)20(17)18-10-11-23-14-18/h10-14,16,23-25H,3-9H2,1-2H3. The van der Waals surface area contributed by atoms with Crippen molar-refractivity contribution in [2.24, 2.45) is 0 Å². The Labute approximate surface area is 150 Å². The van der Waals surface area contributed by atoms with Crippen LogP contribution in [0.3, 0.4) is 0 Å². The second-order valence-electron chi connectivity index (χ2n) is 7.26. The van der Waals surface area contributed by atoms with Crippen molar-refractivity contribution in [1.82, 2.24) is 4.98 Å². The molecule has 0 amide bonds. The summed E-state index contributed by atoms with van der Waals surface area (Å²) in [5.74, 6) is 0.581. The molecule has 0 fully saturated rings. The third-order valence-corrected chi connectivity index (χ3v) is 5.28. The SMILES string of the molecule is CCCCCc1cc(O)c(C2C=C(C)CCC2)c(O)c1-c1cc[nH]c1. The minimum atomic E-state index is 0.0936. The third kappa shape index (κ3) is 3.76. The number of phenolic OH excluding ortho intramolecular Hbond substituents is 2. The highest BCUT2D eigenvalue weighted by Gasteiger charge is 2.25. The number of hydrogen-bond donors (Lipinski definition) is 3. The lowest BCUT2D eigenvalue weighted by molar-refractivity contribution is 0.428. The zero-order valence-corrected chi connectivity index (χ0v) is 15.3. The first-order valence-corrected chi connectivity index (χ1v) is 9.50. The Kier molecular flexibility index (Phi) is 5.52. The van der Waals surface area contributed by atoms with Crippen molar-refractivity contribution in [3.8, 4) is 22.6 Å². The number of benzene rings is 1. The highest BCUT2D eigenvalue weighted by molar-refractivity contribution is 5.77. The van der Waals surface area contributed by atoms with Crippen LogP contribution in [0, 0.1) is 0 Å². The van der Waals surface area contributed by atoms with Crippen molar-refractivity contribution in [2.75, 3.05) is 0 Å². The van der Waals surface area contributed by atoms with Gasteiger partial charge in [-0.05, 0) is 56.7 Å². The summed E-state index contributed by atoms with van der Waals surface area (Å²) in [7, 11) is 0. The van der Waals surface area contributed by atoms with Crippen molar-refractivity contribution in [2.45, 2.75) is 64.7 Å². The van der Waals surface area contributed by atoms with Gasteiger partial charge < -0.3 is 15.2 Å². The third-order valence-electron chi connectivity index (χ3n) is 5.28. The number of unbranched alkanes of at least 4 members (excludes halogenated alkanes) is 2. The molecule has 0 saturated heterocycles. The average molecular weight is 339 g/mol. The lowest BCUT2D eigenvalue weighted by Crippen LogP contribution is -2.05. The Hall–Kier alpha value is -2.16. The Morgan fingerprint density at radius 3 is 2.76 bits per heavy atom. The maximum Gasteiger partial charge on any atom is 0.131 e. The number of rotatable bonds is 6. The molecule has 1 aliphatic carbocycles. The molecule has 134 valence electrons. The molecule has 3 heteroatoms. The molecule has 0 radical (unpaired) electrons. The summed E-state index contributed by atoms with van der Waals surface area (Å²) in [6.45, 7) is 4.31. The molecule has 0 aliphatic heterocycles. The molecule has 1 heterocycles. The van der Waals surface area contributed by atoms with E-state index in [1.807, 2.05) is 24.5 Å². The van der Waals surface area contributed by atoms with Crippen LogP contribution in [-0.2, 0) is 6.42 Å². The summed E-state index contributed by atoms with van der Waals surface area (Å²) in [6.07, 6.45) is 13.4. The fourth-order valence-electron chi connectivity index (χ4n) is 3.99. The summed E-state index contributed by atoms with van der Waals surface area (Å²) >= 11 is 0. The molecule has 1 aromatic heterocycles. The first-order valence-electron chi connectivity index (χ1n) is 9.50. The fraction of sp³-hybridized carbons (Fsp3) is 0.455. The van der Waals surface area contributed by atoms with Crippen molar-refractivity contribution in [1.29, 1.82) is 0 Å². The Morgan fingerprint density at radius 1 is 1.24 bits per heavy atom. The number of aromatic hydroxyl groups is 2. The van der Waals surface area contributed by atoms with Gasteiger partial charge in [-0.25, -0.2) is 0 Å². The van der Waals surface area contributed by atoms with Crippen LogP contribution in [-0.4, -0.2) is 15.2 Å². The minimum Gasteiger partial charge on any atom is -0.507 e. The van der Waals surface area contributed by atoms with Crippen LogP contribution >= 0.6 is 0 Å². The number of aromatic nitrogens is 1. The molecule has 1 unspecified atom stereocenters. The number of hydrogen-bond acceptors (Lipinski definition) is 2. The van der Waals surface area contributed by atoms with Gasteiger partial charge in [0.2, 0.25) is 0 Å². The van der Waals surface area contributed by atoms with Crippen LogP contribution in [0.15, 0.2) is 36.2 Å². The van der Waals surface area contributed by atoms with E-state index in [-0.39, 0.29) is 17.4 Å². The minimum absolute atomic E-state index is 0.0936. The molecule has 0 bridgehead atoms. The quantitative estimate of drug-likeness (QED) is 0.444. The van der Waals surface area contributed by atoms with Crippen LogP contribution in [0.1, 0.15) is 69.4 Å². The van der Waals surface area contributed by atoms with E-state index in [0.717, 1.165) is 61.6 Å². The molecular weight excluding hydrogens is 310 g/mol. The van der Waals surface area contributed by atoms with E-state index in [4.69, 9.17) is 0 Å². The van der Waals surface area contributed by atoms with Crippen LogP contribution in [0.5, 0.6) is 11.5 Å². The van der Waals surface area contributed by atoms with E-state index in [2.05, 4.69) is 24.9 Å². The maximum absolute atomic E-state index is 11.1. The van der Waals surface area contributed by atoms with Gasteiger partial charge in [0.1, 0.15) is 11.5 Å². The summed E-state index contributed by atoms with van der Waals surface area (Å²) in [5, 5.41) is 21.8. The lowest BCUT2D eigenvalue weighted by atomic mass is 9.82. The molecule has 3 rings (SSSR count). The number of aromatic amines is 1. The molecule has 1 aliphatic rings.